The topological polar surface area (TPSA) is 173 Å². The highest BCUT2D eigenvalue weighted by atomic mass is 35.5. The van der Waals surface area contributed by atoms with Crippen LogP contribution in [0.4, 0.5) is 13.2 Å². The number of halogens is 5. The van der Waals surface area contributed by atoms with Gasteiger partial charge in [0.05, 0.1) is 35.1 Å². The molecule has 2 amide bonds. The molecule has 1 aliphatic rings. The van der Waals surface area contributed by atoms with Gasteiger partial charge in [-0.25, -0.2) is 15.0 Å². The molecule has 0 radical (unpaired) electrons. The van der Waals surface area contributed by atoms with Gasteiger partial charge in [0, 0.05) is 28.3 Å². The molecule has 1 aliphatic heterocycles. The molecule has 0 saturated heterocycles. The maximum atomic E-state index is 14.8. The minimum atomic E-state index is -5.40. The highest BCUT2D eigenvalue weighted by molar-refractivity contribution is 6.32. The Morgan fingerprint density at radius 3 is 2.52 bits per heavy atom. The molecule has 11 nitrogen and oxygen atoms in total. The summed E-state index contributed by atoms with van der Waals surface area (Å²) in [6, 6.07) is 8.04. The number of nitrogens with zero attached hydrogens (tertiary/aromatic N) is 4. The Kier molecular flexibility index (Phi) is 8.23. The van der Waals surface area contributed by atoms with E-state index in [-0.39, 0.29) is 51.2 Å². The van der Waals surface area contributed by atoms with Gasteiger partial charge in [-0.05, 0) is 44.2 Å². The van der Waals surface area contributed by atoms with Crippen molar-refractivity contribution in [2.24, 2.45) is 5.73 Å². The van der Waals surface area contributed by atoms with Gasteiger partial charge in [0.2, 0.25) is 11.5 Å². The van der Waals surface area contributed by atoms with E-state index in [1.54, 1.807) is 13.0 Å². The molecule has 16 heteroatoms. The van der Waals surface area contributed by atoms with E-state index in [0.29, 0.717) is 21.6 Å². The fourth-order valence-corrected chi connectivity index (χ4v) is 5.27. The lowest BCUT2D eigenvalue weighted by atomic mass is 9.82. The smallest absolute Gasteiger partial charge is 0.424 e. The van der Waals surface area contributed by atoms with E-state index in [1.165, 1.54) is 38.3 Å². The van der Waals surface area contributed by atoms with Crippen molar-refractivity contribution in [2.75, 3.05) is 20.3 Å². The second kappa shape index (κ2) is 11.6. The number of rotatable bonds is 7. The van der Waals surface area contributed by atoms with Crippen molar-refractivity contribution in [3.8, 4) is 28.8 Å². The summed E-state index contributed by atoms with van der Waals surface area (Å²) in [6.45, 7) is 1.30. The Labute approximate surface area is 269 Å². The van der Waals surface area contributed by atoms with Crippen LogP contribution in [0.1, 0.15) is 39.9 Å². The van der Waals surface area contributed by atoms with Crippen LogP contribution in [-0.2, 0) is 15.8 Å². The quantitative estimate of drug-likeness (QED) is 0.255. The summed E-state index contributed by atoms with van der Waals surface area (Å²) >= 11 is 12.3. The van der Waals surface area contributed by atoms with Crippen LogP contribution in [0.25, 0.3) is 22.2 Å². The second-order valence-electron chi connectivity index (χ2n) is 10.7. The molecule has 4 aromatic rings. The lowest BCUT2D eigenvalue weighted by molar-refractivity contribution is -0.265. The van der Waals surface area contributed by atoms with Gasteiger partial charge in [-0.2, -0.15) is 18.4 Å². The molecule has 238 valence electrons. The number of fused-ring (bicyclic) bond motifs is 2. The number of aliphatic hydroxyl groups is 1. The number of aromatic nitrogens is 3. The van der Waals surface area contributed by atoms with Gasteiger partial charge >= 0.3 is 6.18 Å². The summed E-state index contributed by atoms with van der Waals surface area (Å²) in [5, 5.41) is 23.2. The highest BCUT2D eigenvalue weighted by Crippen LogP contribution is 2.48. The van der Waals surface area contributed by atoms with Crippen molar-refractivity contribution in [3.05, 3.63) is 74.8 Å². The minimum absolute atomic E-state index is 0.0233. The monoisotopic (exact) mass is 674 g/mol. The van der Waals surface area contributed by atoms with Gasteiger partial charge in [0.25, 0.3) is 5.91 Å². The van der Waals surface area contributed by atoms with E-state index in [0.717, 1.165) is 12.3 Å². The molecule has 0 fully saturated rings. The van der Waals surface area contributed by atoms with Gasteiger partial charge in [-0.15, -0.1) is 0 Å². The number of ether oxygens (including phenoxy) is 2. The van der Waals surface area contributed by atoms with E-state index >= 15 is 0 Å². The first-order valence-electron chi connectivity index (χ1n) is 13.3. The molecule has 0 unspecified atom stereocenters. The average Bonchev–Trinajstić information content (AvgIpc) is 3.36. The molecule has 4 heterocycles. The summed E-state index contributed by atoms with van der Waals surface area (Å²) in [6.07, 6.45) is -4.28. The van der Waals surface area contributed by atoms with E-state index in [2.05, 4.69) is 20.3 Å². The lowest BCUT2D eigenvalue weighted by Crippen LogP contribution is -2.51. The van der Waals surface area contributed by atoms with E-state index in [4.69, 9.17) is 38.4 Å². The van der Waals surface area contributed by atoms with E-state index in [1.807, 2.05) is 0 Å². The molecule has 46 heavy (non-hydrogen) atoms. The highest BCUT2D eigenvalue weighted by Gasteiger charge is 2.57. The van der Waals surface area contributed by atoms with E-state index in [9.17, 15) is 33.1 Å². The zero-order chi connectivity index (χ0) is 33.8. The number of benzene rings is 1. The minimum Gasteiger partial charge on any atom is -0.494 e. The zero-order valence-electron chi connectivity index (χ0n) is 24.2. The first-order chi connectivity index (χ1) is 21.5. The molecule has 5 rings (SSSR count). The summed E-state index contributed by atoms with van der Waals surface area (Å²) in [4.78, 5) is 38.0. The van der Waals surface area contributed by atoms with Crippen molar-refractivity contribution >= 4 is 45.9 Å². The van der Waals surface area contributed by atoms with Gasteiger partial charge in [0.15, 0.2) is 5.69 Å². The summed E-state index contributed by atoms with van der Waals surface area (Å²) in [5.41, 5.74) is -0.487. The molecule has 0 aliphatic carbocycles. The fourth-order valence-electron chi connectivity index (χ4n) is 4.90. The van der Waals surface area contributed by atoms with Gasteiger partial charge in [-0.3, -0.25) is 9.59 Å². The number of pyridine rings is 3. The third-order valence-corrected chi connectivity index (χ3v) is 8.40. The zero-order valence-corrected chi connectivity index (χ0v) is 25.7. The standard InChI is InChI=1S/C30H23Cl2F3N6O5/c1-13-18(31)5-14-4-15(7-21(45-3)23(14)40-13)26(42)39-11-29(44,30(33,34)35)22-8-17-25(46-12-28(17,2)27(37)43)24(41-22)16-6-19(32)20(9-36)38-10-16/h4-8,10,44H,11-12H2,1-3H3,(H2,37,43)(H,39,42)/t28-,29-/m0/s1. The van der Waals surface area contributed by atoms with Crippen LogP contribution in [0, 0.1) is 18.3 Å². The van der Waals surface area contributed by atoms with Gasteiger partial charge < -0.3 is 25.6 Å². The van der Waals surface area contributed by atoms with Crippen molar-refractivity contribution < 1.29 is 37.3 Å². The van der Waals surface area contributed by atoms with Crippen LogP contribution in [-0.4, -0.2) is 58.3 Å². The maximum absolute atomic E-state index is 14.8. The normalized spacial score (nSPS) is 17.0. The number of carbonyl (C=O) groups is 2. The van der Waals surface area contributed by atoms with Crippen LogP contribution in [0.5, 0.6) is 11.5 Å². The Bertz CT molecular complexity index is 1990. The third-order valence-electron chi connectivity index (χ3n) is 7.73. The number of aryl methyl sites for hydroxylation is 1. The van der Waals surface area contributed by atoms with Crippen molar-refractivity contribution in [1.82, 2.24) is 20.3 Å². The van der Waals surface area contributed by atoms with Crippen molar-refractivity contribution in [1.29, 1.82) is 5.26 Å². The molecule has 0 saturated carbocycles. The third kappa shape index (κ3) is 5.40. The molecule has 0 bridgehead atoms. The Balaban J connectivity index is 1.61. The summed E-state index contributed by atoms with van der Waals surface area (Å²) in [7, 11) is 1.34. The molecular weight excluding hydrogens is 652 g/mol. The SMILES string of the molecule is COc1cc(C(=O)NC[C@](O)(c2cc3c(c(-c4cnc(C#N)c(Cl)c4)n2)OC[C@]3(C)C(N)=O)C(F)(F)F)cc2cc(Cl)c(C)nc12. The number of amides is 2. The number of hydrogen-bond acceptors (Lipinski definition) is 9. The fraction of sp³-hybridized carbons (Fsp3) is 0.267. The Morgan fingerprint density at radius 1 is 1.20 bits per heavy atom. The van der Waals surface area contributed by atoms with Crippen LogP contribution >= 0.6 is 23.2 Å². The van der Waals surface area contributed by atoms with Crippen molar-refractivity contribution in [2.45, 2.75) is 31.0 Å². The van der Waals surface area contributed by atoms with E-state index < -0.39 is 41.2 Å². The first kappa shape index (κ1) is 32.7. The molecule has 3 aromatic heterocycles. The second-order valence-corrected chi connectivity index (χ2v) is 11.5. The number of primary amides is 1. The maximum Gasteiger partial charge on any atom is 0.424 e. The summed E-state index contributed by atoms with van der Waals surface area (Å²) < 4.78 is 55.3. The number of alkyl halides is 3. The molecule has 4 N–H and O–H groups in total. The number of carbonyl (C=O) groups excluding carboxylic acids is 2. The van der Waals surface area contributed by atoms with Crippen LogP contribution in [0.2, 0.25) is 10.0 Å². The van der Waals surface area contributed by atoms with Crippen molar-refractivity contribution in [3.63, 3.8) is 0 Å². The van der Waals surface area contributed by atoms with Crippen LogP contribution < -0.4 is 20.5 Å². The number of nitrogens with one attached hydrogen (secondary N) is 1. The van der Waals surface area contributed by atoms with Gasteiger partial charge in [0.1, 0.15) is 40.8 Å². The molecule has 2 atom stereocenters. The Hall–Kier alpha value is -4.71. The number of hydrogen-bond donors (Lipinski definition) is 3. The molecule has 0 spiro atoms. The predicted octanol–water partition coefficient (Wildman–Crippen LogP) is 4.50. The summed E-state index contributed by atoms with van der Waals surface area (Å²) in [5.74, 6) is -1.83. The average molecular weight is 675 g/mol. The first-order valence-corrected chi connectivity index (χ1v) is 14.1. The van der Waals surface area contributed by atoms with Crippen LogP contribution in [0.15, 0.2) is 36.5 Å². The van der Waals surface area contributed by atoms with Crippen LogP contribution in [0.3, 0.4) is 0 Å². The number of nitriles is 1. The largest absolute Gasteiger partial charge is 0.494 e. The number of methoxy groups -OCH3 is 1. The van der Waals surface area contributed by atoms with Gasteiger partial charge in [-0.1, -0.05) is 23.2 Å². The number of nitrogens with two attached hydrogens (primary N) is 1. The predicted molar refractivity (Wildman–Crippen MR) is 160 cm³/mol. The molecule has 1 aromatic carbocycles. The molecular formula is C30H23Cl2F3N6O5. The lowest BCUT2D eigenvalue weighted by Gasteiger charge is -2.31. The Morgan fingerprint density at radius 2 is 1.91 bits per heavy atom.